The van der Waals surface area contributed by atoms with Crippen molar-refractivity contribution in [3.05, 3.63) is 0 Å². The number of hydrogen-bond donors (Lipinski definition) is 1. The minimum Gasteiger partial charge on any atom is -0.447 e. The number of carbonyl (C=O) groups excluding carboxylic acids is 1. The van der Waals surface area contributed by atoms with E-state index in [4.69, 9.17) is 0 Å². The molecule has 74 valence electrons. The largest absolute Gasteiger partial charge is 0.447 e. The highest BCUT2D eigenvalue weighted by atomic mass is 32.2. The number of amides is 1. The van der Waals surface area contributed by atoms with E-state index in [0.717, 1.165) is 0 Å². The Morgan fingerprint density at radius 1 is 1.46 bits per heavy atom. The van der Waals surface area contributed by atoms with Gasteiger partial charge in [-0.1, -0.05) is 0 Å². The Morgan fingerprint density at radius 2 is 2.23 bits per heavy atom. The fourth-order valence-corrected chi connectivity index (χ4v) is 3.91. The molecule has 2 fully saturated rings. The molecule has 0 radical (unpaired) electrons. The number of ether oxygens (including phenoxy) is 1. The minimum absolute atomic E-state index is 0.183. The van der Waals surface area contributed by atoms with Gasteiger partial charge in [0.1, 0.15) is 6.61 Å². The molecule has 6 heteroatoms. The molecule has 13 heavy (non-hydrogen) atoms. The van der Waals surface area contributed by atoms with Crippen molar-refractivity contribution in [2.24, 2.45) is 0 Å². The second-order valence-electron chi connectivity index (χ2n) is 3.40. The molecule has 1 N–H and O–H groups in total. The first-order valence-electron chi connectivity index (χ1n) is 4.24. The Bertz CT molecular complexity index is 323. The van der Waals surface area contributed by atoms with Crippen LogP contribution in [0.5, 0.6) is 0 Å². The third kappa shape index (κ3) is 1.50. The van der Waals surface area contributed by atoms with E-state index in [9.17, 15) is 13.2 Å². The van der Waals surface area contributed by atoms with Gasteiger partial charge in [0.15, 0.2) is 9.84 Å². The van der Waals surface area contributed by atoms with Crippen LogP contribution >= 0.6 is 0 Å². The van der Waals surface area contributed by atoms with Crippen LogP contribution in [0.4, 0.5) is 4.79 Å². The van der Waals surface area contributed by atoms with Gasteiger partial charge >= 0.3 is 6.09 Å². The molecular weight excluding hydrogens is 194 g/mol. The van der Waals surface area contributed by atoms with Crippen molar-refractivity contribution in [2.45, 2.75) is 24.1 Å². The van der Waals surface area contributed by atoms with Gasteiger partial charge in [-0.15, -0.1) is 0 Å². The van der Waals surface area contributed by atoms with Crippen LogP contribution in [0.3, 0.4) is 0 Å². The van der Waals surface area contributed by atoms with Crippen molar-refractivity contribution >= 4 is 15.9 Å². The van der Waals surface area contributed by atoms with E-state index in [1.165, 1.54) is 0 Å². The fraction of sp³-hybridized carbons (Fsp3) is 0.857. The summed E-state index contributed by atoms with van der Waals surface area (Å²) in [6.45, 7) is 0.183. The maximum atomic E-state index is 11.4. The van der Waals surface area contributed by atoms with Gasteiger partial charge in [0.25, 0.3) is 0 Å². The van der Waals surface area contributed by atoms with E-state index in [1.54, 1.807) is 0 Å². The summed E-state index contributed by atoms with van der Waals surface area (Å²) in [5, 5.41) is 2.08. The average molecular weight is 205 g/mol. The number of cyclic esters (lactones) is 1. The summed E-state index contributed by atoms with van der Waals surface area (Å²) < 4.78 is 27.6. The van der Waals surface area contributed by atoms with Gasteiger partial charge in [-0.25, -0.2) is 13.2 Å². The van der Waals surface area contributed by atoms with E-state index in [-0.39, 0.29) is 18.4 Å². The molecule has 5 nitrogen and oxygen atoms in total. The first-order valence-corrected chi connectivity index (χ1v) is 5.96. The van der Waals surface area contributed by atoms with Gasteiger partial charge in [-0.3, -0.25) is 0 Å². The second-order valence-corrected chi connectivity index (χ2v) is 5.74. The molecular formula is C7H11NO4S. The van der Waals surface area contributed by atoms with Gasteiger partial charge in [0.2, 0.25) is 0 Å². The van der Waals surface area contributed by atoms with E-state index >= 15 is 0 Å². The molecule has 0 aromatic heterocycles. The Hall–Kier alpha value is -0.780. The van der Waals surface area contributed by atoms with Crippen LogP contribution in [-0.4, -0.2) is 38.2 Å². The van der Waals surface area contributed by atoms with Crippen molar-refractivity contribution in [3.8, 4) is 0 Å². The molecule has 1 amide bonds. The SMILES string of the molecule is O=C1NC(C2CCCS2(=O)=O)CO1. The Balaban J connectivity index is 2.13. The van der Waals surface area contributed by atoms with Gasteiger partial charge in [0, 0.05) is 0 Å². The molecule has 0 bridgehead atoms. The smallest absolute Gasteiger partial charge is 0.407 e. The second kappa shape index (κ2) is 2.87. The quantitative estimate of drug-likeness (QED) is 0.636. The average Bonchev–Trinajstić information content (AvgIpc) is 2.56. The van der Waals surface area contributed by atoms with Crippen molar-refractivity contribution in [1.82, 2.24) is 5.32 Å². The monoisotopic (exact) mass is 205 g/mol. The Labute approximate surface area is 76.4 Å². The van der Waals surface area contributed by atoms with Crippen LogP contribution in [0.2, 0.25) is 0 Å². The molecule has 0 aromatic rings. The van der Waals surface area contributed by atoms with Crippen LogP contribution in [-0.2, 0) is 14.6 Å². The van der Waals surface area contributed by atoms with Gasteiger partial charge in [-0.05, 0) is 12.8 Å². The first-order chi connectivity index (χ1) is 6.09. The number of rotatable bonds is 1. The normalized spacial score (nSPS) is 37.1. The number of alkyl carbamates (subject to hydrolysis) is 1. The standard InChI is InChI=1S/C7H11NO4S/c9-7-8-5(4-12-7)6-2-1-3-13(6,10)11/h5-6H,1-4H2,(H,8,9). The summed E-state index contributed by atoms with van der Waals surface area (Å²) in [5.74, 6) is 0.240. The van der Waals surface area contributed by atoms with Crippen LogP contribution in [0.1, 0.15) is 12.8 Å². The minimum atomic E-state index is -2.99. The summed E-state index contributed by atoms with van der Waals surface area (Å²) in [4.78, 5) is 10.7. The molecule has 0 spiro atoms. The van der Waals surface area contributed by atoms with Gasteiger partial charge < -0.3 is 10.1 Å². The van der Waals surface area contributed by atoms with Crippen molar-refractivity contribution in [3.63, 3.8) is 0 Å². The third-order valence-corrected chi connectivity index (χ3v) is 4.87. The molecule has 2 aliphatic heterocycles. The van der Waals surface area contributed by atoms with E-state index in [0.29, 0.717) is 12.8 Å². The van der Waals surface area contributed by atoms with Crippen molar-refractivity contribution in [2.75, 3.05) is 12.4 Å². The van der Waals surface area contributed by atoms with Crippen LogP contribution in [0.15, 0.2) is 0 Å². The number of hydrogen-bond acceptors (Lipinski definition) is 4. The zero-order valence-electron chi connectivity index (χ0n) is 7.02. The van der Waals surface area contributed by atoms with Crippen LogP contribution in [0.25, 0.3) is 0 Å². The summed E-state index contributed by atoms with van der Waals surface area (Å²) in [6, 6.07) is -0.333. The van der Waals surface area contributed by atoms with Gasteiger partial charge in [0.05, 0.1) is 17.0 Å². The van der Waals surface area contributed by atoms with Crippen molar-refractivity contribution in [1.29, 1.82) is 0 Å². The molecule has 0 saturated carbocycles. The fourth-order valence-electron chi connectivity index (χ4n) is 1.87. The number of nitrogens with one attached hydrogen (secondary N) is 1. The predicted molar refractivity (Wildman–Crippen MR) is 45.1 cm³/mol. The number of sulfone groups is 1. The zero-order chi connectivity index (χ0) is 9.47. The highest BCUT2D eigenvalue weighted by Gasteiger charge is 2.41. The molecule has 2 rings (SSSR count). The molecule has 2 aliphatic rings. The summed E-state index contributed by atoms with van der Waals surface area (Å²) in [6.07, 6.45) is 0.822. The van der Waals surface area contributed by atoms with E-state index < -0.39 is 21.2 Å². The van der Waals surface area contributed by atoms with Crippen LogP contribution in [0, 0.1) is 0 Å². The third-order valence-electron chi connectivity index (χ3n) is 2.52. The maximum absolute atomic E-state index is 11.4. The lowest BCUT2D eigenvalue weighted by Gasteiger charge is -2.14. The highest BCUT2D eigenvalue weighted by Crippen LogP contribution is 2.24. The highest BCUT2D eigenvalue weighted by molar-refractivity contribution is 7.92. The topological polar surface area (TPSA) is 72.5 Å². The van der Waals surface area contributed by atoms with Gasteiger partial charge in [-0.2, -0.15) is 0 Å². The lowest BCUT2D eigenvalue weighted by Crippen LogP contribution is -2.40. The summed E-state index contributed by atoms with van der Waals surface area (Å²) in [7, 11) is -2.99. The first kappa shape index (κ1) is 8.80. The molecule has 2 saturated heterocycles. The predicted octanol–water partition coefficient (Wildman–Crippen LogP) is -0.328. The van der Waals surface area contributed by atoms with E-state index in [2.05, 4.69) is 10.1 Å². The summed E-state index contributed by atoms with van der Waals surface area (Å²) in [5.41, 5.74) is 0. The lowest BCUT2D eigenvalue weighted by atomic mass is 10.1. The lowest BCUT2D eigenvalue weighted by molar-refractivity contribution is 0.176. The zero-order valence-corrected chi connectivity index (χ0v) is 7.84. The molecule has 0 aromatic carbocycles. The molecule has 2 unspecified atom stereocenters. The van der Waals surface area contributed by atoms with Crippen molar-refractivity contribution < 1.29 is 17.9 Å². The maximum Gasteiger partial charge on any atom is 0.407 e. The number of carbonyl (C=O) groups is 1. The van der Waals surface area contributed by atoms with E-state index in [1.807, 2.05) is 0 Å². The molecule has 2 heterocycles. The summed E-state index contributed by atoms with van der Waals surface area (Å²) >= 11 is 0. The molecule has 0 aliphatic carbocycles. The van der Waals surface area contributed by atoms with Crippen LogP contribution < -0.4 is 5.32 Å². The Kier molecular flexibility index (Phi) is 1.94. The Morgan fingerprint density at radius 3 is 2.69 bits per heavy atom. The molecule has 2 atom stereocenters.